The first-order valence-corrected chi connectivity index (χ1v) is 5.91. The van der Waals surface area contributed by atoms with Crippen molar-refractivity contribution in [1.82, 2.24) is 4.57 Å². The summed E-state index contributed by atoms with van der Waals surface area (Å²) in [5, 5.41) is 0.809. The van der Waals surface area contributed by atoms with Gasteiger partial charge in [0.1, 0.15) is 11.0 Å². The smallest absolute Gasteiger partial charge is 0.163 e. The van der Waals surface area contributed by atoms with Crippen LogP contribution in [0, 0.1) is 5.82 Å². The fraction of sp³-hybridized carbons (Fsp3) is 0.308. The molecule has 2 rings (SSSR count). The van der Waals surface area contributed by atoms with Crippen LogP contribution in [0.3, 0.4) is 0 Å². The van der Waals surface area contributed by atoms with E-state index in [1.54, 1.807) is 23.8 Å². The molecule has 1 aromatic carbocycles. The number of fused-ring (bicyclic) bond motifs is 1. The predicted molar refractivity (Wildman–Crippen MR) is 68.8 cm³/mol. The van der Waals surface area contributed by atoms with E-state index in [1.807, 2.05) is 0 Å². The molecule has 0 unspecified atom stereocenters. The second-order valence-corrected chi connectivity index (χ2v) is 4.36. The minimum atomic E-state index is -0.391. The Hall–Kier alpha value is -1.39. The molecule has 5 heteroatoms. The van der Waals surface area contributed by atoms with Crippen molar-refractivity contribution in [2.75, 3.05) is 13.7 Å². The summed E-state index contributed by atoms with van der Waals surface area (Å²) in [4.78, 5) is 11.6. The van der Waals surface area contributed by atoms with Gasteiger partial charge in [0.05, 0.1) is 17.7 Å². The van der Waals surface area contributed by atoms with Crippen LogP contribution >= 0.6 is 11.6 Å². The molecule has 0 spiro atoms. The summed E-state index contributed by atoms with van der Waals surface area (Å²) in [7, 11) is 1.56. The third-order valence-corrected chi connectivity index (χ3v) is 3.23. The van der Waals surface area contributed by atoms with Crippen molar-refractivity contribution in [2.24, 2.45) is 0 Å². The molecule has 0 radical (unpaired) electrons. The highest BCUT2D eigenvalue weighted by atomic mass is 35.5. The van der Waals surface area contributed by atoms with E-state index in [0.29, 0.717) is 29.6 Å². The Labute approximate surface area is 109 Å². The van der Waals surface area contributed by atoms with Crippen LogP contribution in [0.15, 0.2) is 18.2 Å². The average molecular weight is 270 g/mol. The second-order valence-electron chi connectivity index (χ2n) is 4.00. The number of hydrogen-bond acceptors (Lipinski definition) is 2. The van der Waals surface area contributed by atoms with Crippen LogP contribution in [0.1, 0.15) is 17.3 Å². The number of nitrogens with zero attached hydrogens (tertiary/aromatic N) is 1. The summed E-state index contributed by atoms with van der Waals surface area (Å²) < 4.78 is 20.4. The van der Waals surface area contributed by atoms with E-state index in [9.17, 15) is 9.18 Å². The van der Waals surface area contributed by atoms with Crippen LogP contribution in [0.5, 0.6) is 0 Å². The molecule has 0 N–H and O–H groups in total. The van der Waals surface area contributed by atoms with Crippen molar-refractivity contribution in [1.29, 1.82) is 0 Å². The van der Waals surface area contributed by atoms with Crippen molar-refractivity contribution >= 4 is 28.3 Å². The van der Waals surface area contributed by atoms with Gasteiger partial charge >= 0.3 is 0 Å². The molecule has 96 valence electrons. The third-order valence-electron chi connectivity index (χ3n) is 2.84. The number of para-hydroxylation sites is 1. The lowest BCUT2D eigenvalue weighted by atomic mass is 10.1. The van der Waals surface area contributed by atoms with Gasteiger partial charge in [0.15, 0.2) is 5.78 Å². The van der Waals surface area contributed by atoms with E-state index in [1.165, 1.54) is 13.0 Å². The van der Waals surface area contributed by atoms with Crippen LogP contribution in [-0.4, -0.2) is 24.1 Å². The quantitative estimate of drug-likeness (QED) is 0.798. The normalized spacial score (nSPS) is 11.1. The summed E-state index contributed by atoms with van der Waals surface area (Å²) in [6.07, 6.45) is 0. The van der Waals surface area contributed by atoms with Crippen molar-refractivity contribution < 1.29 is 13.9 Å². The van der Waals surface area contributed by atoms with Crippen LogP contribution in [-0.2, 0) is 11.3 Å². The number of carbonyl (C=O) groups excluding carboxylic acids is 1. The molecule has 0 saturated carbocycles. The average Bonchev–Trinajstić information content (AvgIpc) is 2.60. The number of Topliss-reactive ketones (excluding diaryl/α,β-unsaturated/α-hetero) is 1. The molecule has 0 saturated heterocycles. The number of rotatable bonds is 4. The molecule has 0 atom stereocenters. The van der Waals surface area contributed by atoms with Crippen LogP contribution < -0.4 is 0 Å². The molecule has 0 aliphatic carbocycles. The Balaban J connectivity index is 2.75. The number of methoxy groups -OCH3 is 1. The number of aromatic nitrogens is 1. The highest BCUT2D eigenvalue weighted by molar-refractivity contribution is 6.35. The van der Waals surface area contributed by atoms with Gasteiger partial charge in [0, 0.05) is 19.0 Å². The van der Waals surface area contributed by atoms with E-state index in [0.717, 1.165) is 0 Å². The van der Waals surface area contributed by atoms with Crippen molar-refractivity contribution in [2.45, 2.75) is 13.5 Å². The minimum absolute atomic E-state index is 0.174. The van der Waals surface area contributed by atoms with Gasteiger partial charge in [-0.2, -0.15) is 0 Å². The van der Waals surface area contributed by atoms with Gasteiger partial charge in [-0.25, -0.2) is 4.39 Å². The molecule has 0 bridgehead atoms. The van der Waals surface area contributed by atoms with E-state index in [4.69, 9.17) is 16.3 Å². The number of hydrogen-bond donors (Lipinski definition) is 0. The van der Waals surface area contributed by atoms with Gasteiger partial charge in [-0.15, -0.1) is 0 Å². The molecular formula is C13H13ClFNO2. The van der Waals surface area contributed by atoms with Crippen LogP contribution in [0.25, 0.3) is 10.9 Å². The summed E-state index contributed by atoms with van der Waals surface area (Å²) in [5.74, 6) is -0.565. The molecule has 1 aromatic heterocycles. The summed E-state index contributed by atoms with van der Waals surface area (Å²) in [5.41, 5.74) is 0.715. The highest BCUT2D eigenvalue weighted by Gasteiger charge is 2.20. The van der Waals surface area contributed by atoms with Gasteiger partial charge in [-0.3, -0.25) is 4.79 Å². The van der Waals surface area contributed by atoms with Gasteiger partial charge in [-0.1, -0.05) is 23.7 Å². The molecule has 0 aliphatic heterocycles. The van der Waals surface area contributed by atoms with Crippen molar-refractivity contribution in [3.8, 4) is 0 Å². The maximum atomic E-state index is 13.9. The van der Waals surface area contributed by atoms with E-state index < -0.39 is 5.82 Å². The molecular weight excluding hydrogens is 257 g/mol. The number of ether oxygens (including phenoxy) is 1. The standard InChI is InChI=1S/C13H13ClFNO2/c1-8(17)11-9-4-3-5-10(15)12(9)16(13(11)14)6-7-18-2/h3-5H,6-7H2,1-2H3. The monoisotopic (exact) mass is 269 g/mol. The van der Waals surface area contributed by atoms with Gasteiger partial charge in [-0.05, 0) is 13.0 Å². The zero-order valence-electron chi connectivity index (χ0n) is 10.2. The second kappa shape index (κ2) is 5.08. The van der Waals surface area contributed by atoms with Gasteiger partial charge in [0.25, 0.3) is 0 Å². The topological polar surface area (TPSA) is 31.2 Å². The molecule has 2 aromatic rings. The fourth-order valence-electron chi connectivity index (χ4n) is 2.06. The van der Waals surface area contributed by atoms with Crippen LogP contribution in [0.4, 0.5) is 4.39 Å². The van der Waals surface area contributed by atoms with E-state index >= 15 is 0 Å². The predicted octanol–water partition coefficient (Wildman–Crippen LogP) is 3.28. The summed E-state index contributed by atoms with van der Waals surface area (Å²) in [6, 6.07) is 4.62. The lowest BCUT2D eigenvalue weighted by molar-refractivity contribution is 0.101. The Morgan fingerprint density at radius 2 is 2.22 bits per heavy atom. The Bertz CT molecular complexity index is 607. The van der Waals surface area contributed by atoms with Gasteiger partial charge in [0.2, 0.25) is 0 Å². The van der Waals surface area contributed by atoms with E-state index in [2.05, 4.69) is 0 Å². The Morgan fingerprint density at radius 1 is 1.50 bits per heavy atom. The molecule has 0 aliphatic rings. The van der Waals surface area contributed by atoms with Crippen LogP contribution in [0.2, 0.25) is 5.15 Å². The largest absolute Gasteiger partial charge is 0.383 e. The van der Waals surface area contributed by atoms with Crippen molar-refractivity contribution in [3.63, 3.8) is 0 Å². The van der Waals surface area contributed by atoms with Gasteiger partial charge < -0.3 is 9.30 Å². The SMILES string of the molecule is COCCn1c(Cl)c(C(C)=O)c2cccc(F)c21. The summed E-state index contributed by atoms with van der Waals surface area (Å²) in [6.45, 7) is 2.22. The molecule has 0 amide bonds. The number of ketones is 1. The maximum absolute atomic E-state index is 13.9. The maximum Gasteiger partial charge on any atom is 0.163 e. The Morgan fingerprint density at radius 3 is 2.83 bits per heavy atom. The minimum Gasteiger partial charge on any atom is -0.383 e. The Kier molecular flexibility index (Phi) is 3.68. The fourth-order valence-corrected chi connectivity index (χ4v) is 2.47. The molecule has 0 fully saturated rings. The zero-order valence-corrected chi connectivity index (χ0v) is 10.9. The summed E-state index contributed by atoms with van der Waals surface area (Å²) >= 11 is 6.17. The highest BCUT2D eigenvalue weighted by Crippen LogP contribution is 2.31. The van der Waals surface area contributed by atoms with Crippen molar-refractivity contribution in [3.05, 3.63) is 34.7 Å². The zero-order chi connectivity index (χ0) is 13.3. The van der Waals surface area contributed by atoms with E-state index in [-0.39, 0.29) is 10.9 Å². The first-order chi connectivity index (χ1) is 8.57. The third kappa shape index (κ3) is 2.02. The number of carbonyl (C=O) groups is 1. The number of halogens is 2. The number of benzene rings is 1. The lowest BCUT2D eigenvalue weighted by Crippen LogP contribution is -2.05. The first kappa shape index (κ1) is 13.1. The molecule has 1 heterocycles. The molecule has 3 nitrogen and oxygen atoms in total. The molecule has 18 heavy (non-hydrogen) atoms. The first-order valence-electron chi connectivity index (χ1n) is 5.54. The lowest BCUT2D eigenvalue weighted by Gasteiger charge is -2.06.